The maximum absolute atomic E-state index is 12.7. The summed E-state index contributed by atoms with van der Waals surface area (Å²) < 4.78 is 63.7. The van der Waals surface area contributed by atoms with Crippen LogP contribution in [0, 0.1) is 0 Å². The first-order valence-corrected chi connectivity index (χ1v) is 10.4. The topological polar surface area (TPSA) is 143 Å². The number of amides is 1. The van der Waals surface area contributed by atoms with E-state index in [4.69, 9.17) is 5.73 Å². The third-order valence-corrected chi connectivity index (χ3v) is 5.48. The van der Waals surface area contributed by atoms with E-state index in [1.165, 1.54) is 31.2 Å². The lowest BCUT2D eigenvalue weighted by atomic mass is 10.1. The van der Waals surface area contributed by atoms with Crippen molar-refractivity contribution in [2.75, 3.05) is 15.8 Å². The van der Waals surface area contributed by atoms with Crippen molar-refractivity contribution in [1.82, 2.24) is 15.2 Å². The van der Waals surface area contributed by atoms with Crippen molar-refractivity contribution >= 4 is 33.3 Å². The molecule has 31 heavy (non-hydrogen) atoms. The lowest BCUT2D eigenvalue weighted by Gasteiger charge is -2.09. The molecule has 0 atom stereocenters. The van der Waals surface area contributed by atoms with Crippen molar-refractivity contribution in [2.24, 2.45) is 5.73 Å². The van der Waals surface area contributed by atoms with Crippen molar-refractivity contribution in [3.63, 3.8) is 0 Å². The third kappa shape index (κ3) is 5.12. The van der Waals surface area contributed by atoms with Gasteiger partial charge in [0.15, 0.2) is 0 Å². The minimum absolute atomic E-state index is 0.0371. The van der Waals surface area contributed by atoms with E-state index in [1.54, 1.807) is 0 Å². The summed E-state index contributed by atoms with van der Waals surface area (Å²) in [5, 5.41) is 9.30. The number of aromatic nitrogens is 3. The number of aromatic amines is 1. The highest BCUT2D eigenvalue weighted by Gasteiger charge is 2.30. The van der Waals surface area contributed by atoms with E-state index in [0.29, 0.717) is 17.4 Å². The third-order valence-electron chi connectivity index (χ3n) is 4.17. The van der Waals surface area contributed by atoms with Crippen LogP contribution in [0.15, 0.2) is 42.6 Å². The summed E-state index contributed by atoms with van der Waals surface area (Å²) in [6.45, 7) is 1.50. The second kappa shape index (κ2) is 8.26. The highest BCUT2D eigenvalue weighted by molar-refractivity contribution is 7.92. The smallest absolute Gasteiger partial charge is 0.365 e. The molecule has 0 saturated carbocycles. The molecular formula is C18H17F3N6O3S. The van der Waals surface area contributed by atoms with Gasteiger partial charge in [-0.05, 0) is 31.2 Å². The van der Waals surface area contributed by atoms with Crippen molar-refractivity contribution in [1.29, 1.82) is 0 Å². The molecule has 0 aliphatic carbocycles. The summed E-state index contributed by atoms with van der Waals surface area (Å²) in [6.07, 6.45) is -3.87. The average Bonchev–Trinajstić information content (AvgIpc) is 3.12. The van der Waals surface area contributed by atoms with Gasteiger partial charge in [0.1, 0.15) is 22.9 Å². The Morgan fingerprint density at radius 1 is 1.16 bits per heavy atom. The molecule has 9 nitrogen and oxygen atoms in total. The zero-order valence-corrected chi connectivity index (χ0v) is 16.8. The molecule has 3 aromatic rings. The van der Waals surface area contributed by atoms with Crippen LogP contribution in [0.3, 0.4) is 0 Å². The van der Waals surface area contributed by atoms with Gasteiger partial charge in [0, 0.05) is 17.4 Å². The normalized spacial score (nSPS) is 11.9. The molecule has 164 valence electrons. The van der Waals surface area contributed by atoms with Crippen LogP contribution < -0.4 is 15.8 Å². The molecule has 0 saturated heterocycles. The Labute approximate surface area is 174 Å². The maximum atomic E-state index is 12.7. The zero-order valence-electron chi connectivity index (χ0n) is 16.0. The Bertz CT molecular complexity index is 1190. The molecule has 0 unspecified atom stereocenters. The van der Waals surface area contributed by atoms with Crippen molar-refractivity contribution in [2.45, 2.75) is 13.1 Å². The molecule has 0 aliphatic heterocycles. The molecule has 5 N–H and O–H groups in total. The number of primary amides is 1. The average molecular weight is 454 g/mol. The SMILES string of the molecule is CCS(=O)(=O)Nc1ccc(-c2n[nH]c(Nc3ccc(C(F)(F)F)cn3)c2C(N)=O)cc1. The van der Waals surface area contributed by atoms with Gasteiger partial charge in [-0.3, -0.25) is 14.6 Å². The number of hydrogen-bond acceptors (Lipinski definition) is 6. The van der Waals surface area contributed by atoms with E-state index in [2.05, 4.69) is 25.2 Å². The van der Waals surface area contributed by atoms with Gasteiger partial charge in [-0.1, -0.05) is 12.1 Å². The van der Waals surface area contributed by atoms with E-state index in [0.717, 1.165) is 12.1 Å². The van der Waals surface area contributed by atoms with Gasteiger partial charge in [-0.2, -0.15) is 18.3 Å². The fourth-order valence-electron chi connectivity index (χ4n) is 2.59. The first kappa shape index (κ1) is 22.1. The van der Waals surface area contributed by atoms with Crippen LogP contribution in [0.4, 0.5) is 30.5 Å². The number of alkyl halides is 3. The number of nitrogens with two attached hydrogens (primary N) is 1. The monoisotopic (exact) mass is 454 g/mol. The van der Waals surface area contributed by atoms with E-state index < -0.39 is 27.7 Å². The summed E-state index contributed by atoms with van der Waals surface area (Å²) in [7, 11) is -3.45. The van der Waals surface area contributed by atoms with Gasteiger partial charge < -0.3 is 11.1 Å². The predicted molar refractivity (Wildman–Crippen MR) is 108 cm³/mol. The van der Waals surface area contributed by atoms with Crippen LogP contribution in [0.5, 0.6) is 0 Å². The molecule has 1 amide bonds. The summed E-state index contributed by atoms with van der Waals surface area (Å²) in [6, 6.07) is 8.00. The van der Waals surface area contributed by atoms with Crippen molar-refractivity contribution < 1.29 is 26.4 Å². The number of halogens is 3. The van der Waals surface area contributed by atoms with Crippen LogP contribution in [0.2, 0.25) is 0 Å². The number of hydrogen-bond donors (Lipinski definition) is 4. The van der Waals surface area contributed by atoms with Crippen LogP contribution >= 0.6 is 0 Å². The minimum atomic E-state index is -4.53. The Morgan fingerprint density at radius 3 is 2.35 bits per heavy atom. The van der Waals surface area contributed by atoms with E-state index in [-0.39, 0.29) is 28.6 Å². The van der Waals surface area contributed by atoms with Crippen LogP contribution in [-0.4, -0.2) is 35.3 Å². The Balaban J connectivity index is 1.88. The fourth-order valence-corrected chi connectivity index (χ4v) is 3.23. The number of H-pyrrole nitrogens is 1. The molecule has 3 rings (SSSR count). The number of pyridine rings is 1. The number of benzene rings is 1. The van der Waals surface area contributed by atoms with E-state index in [9.17, 15) is 26.4 Å². The summed E-state index contributed by atoms with van der Waals surface area (Å²) in [4.78, 5) is 15.7. The second-order valence-electron chi connectivity index (χ2n) is 6.32. The molecule has 13 heteroatoms. The summed E-state index contributed by atoms with van der Waals surface area (Å²) in [5.41, 5.74) is 5.46. The highest BCUT2D eigenvalue weighted by atomic mass is 32.2. The standard InChI is InChI=1S/C18H17F3N6O3S/c1-2-31(29,30)27-12-6-3-10(4-7-12)15-14(16(22)28)17(26-25-15)24-13-8-5-11(9-23-13)18(19,20)21/h3-9,27H,2H2,1H3,(H2,22,28)(H2,23,24,25,26). The molecule has 2 aromatic heterocycles. The first-order valence-electron chi connectivity index (χ1n) is 8.79. The molecule has 0 fully saturated rings. The predicted octanol–water partition coefficient (Wildman–Crippen LogP) is 3.09. The van der Waals surface area contributed by atoms with Gasteiger partial charge in [0.25, 0.3) is 5.91 Å². The lowest BCUT2D eigenvalue weighted by Crippen LogP contribution is -2.14. The van der Waals surface area contributed by atoms with Crippen LogP contribution in [0.1, 0.15) is 22.8 Å². The Hall–Kier alpha value is -3.61. The van der Waals surface area contributed by atoms with Crippen LogP contribution in [-0.2, 0) is 16.2 Å². The molecule has 0 radical (unpaired) electrons. The molecule has 0 spiro atoms. The van der Waals surface area contributed by atoms with Gasteiger partial charge in [-0.25, -0.2) is 13.4 Å². The number of carbonyl (C=O) groups is 1. The number of rotatable bonds is 7. The second-order valence-corrected chi connectivity index (χ2v) is 8.34. The van der Waals surface area contributed by atoms with Gasteiger partial charge in [-0.15, -0.1) is 0 Å². The van der Waals surface area contributed by atoms with Gasteiger partial charge in [0.2, 0.25) is 10.0 Å². The van der Waals surface area contributed by atoms with Gasteiger partial charge >= 0.3 is 6.18 Å². The van der Waals surface area contributed by atoms with Gasteiger partial charge in [0.05, 0.1) is 11.3 Å². The number of nitrogens with zero attached hydrogens (tertiary/aromatic N) is 2. The fraction of sp³-hybridized carbons (Fsp3) is 0.167. The molecular weight excluding hydrogens is 437 g/mol. The zero-order chi connectivity index (χ0) is 22.8. The Kier molecular flexibility index (Phi) is 5.88. The van der Waals surface area contributed by atoms with E-state index >= 15 is 0 Å². The summed E-state index contributed by atoms with van der Waals surface area (Å²) in [5.74, 6) is -0.845. The molecule has 2 heterocycles. The quantitative estimate of drug-likeness (QED) is 0.432. The van der Waals surface area contributed by atoms with Crippen molar-refractivity contribution in [3.05, 3.63) is 53.7 Å². The molecule has 1 aromatic carbocycles. The Morgan fingerprint density at radius 2 is 1.84 bits per heavy atom. The lowest BCUT2D eigenvalue weighted by molar-refractivity contribution is -0.137. The van der Waals surface area contributed by atoms with Crippen LogP contribution in [0.25, 0.3) is 11.3 Å². The molecule has 0 bridgehead atoms. The minimum Gasteiger partial charge on any atom is -0.365 e. The largest absolute Gasteiger partial charge is 0.417 e. The summed E-state index contributed by atoms with van der Waals surface area (Å²) >= 11 is 0. The first-order chi connectivity index (χ1) is 14.5. The highest BCUT2D eigenvalue weighted by Crippen LogP contribution is 2.31. The number of carbonyl (C=O) groups excluding carboxylic acids is 1. The maximum Gasteiger partial charge on any atom is 0.417 e. The number of nitrogens with one attached hydrogen (secondary N) is 3. The number of anilines is 3. The van der Waals surface area contributed by atoms with Crippen molar-refractivity contribution in [3.8, 4) is 11.3 Å². The molecule has 0 aliphatic rings. The number of sulfonamides is 1. The van der Waals surface area contributed by atoms with E-state index in [1.807, 2.05) is 0 Å².